The van der Waals surface area contributed by atoms with Crippen molar-refractivity contribution in [2.75, 3.05) is 25.6 Å². The van der Waals surface area contributed by atoms with E-state index in [0.717, 1.165) is 0 Å². The highest BCUT2D eigenvalue weighted by atomic mass is 16.5. The van der Waals surface area contributed by atoms with Crippen LogP contribution in [0.15, 0.2) is 30.3 Å². The van der Waals surface area contributed by atoms with Gasteiger partial charge in [-0.25, -0.2) is 0 Å². The number of hydrogen-bond donors (Lipinski definition) is 3. The van der Waals surface area contributed by atoms with Gasteiger partial charge in [0.15, 0.2) is 0 Å². The van der Waals surface area contributed by atoms with Crippen LogP contribution in [0.5, 0.6) is 0 Å². The van der Waals surface area contributed by atoms with Crippen LogP contribution in [0.3, 0.4) is 0 Å². The second kappa shape index (κ2) is 6.86. The largest absolute Gasteiger partial charge is 0.386 e. The number of carbonyl (C=O) groups excluding carboxylic acids is 2. The van der Waals surface area contributed by atoms with E-state index in [0.29, 0.717) is 5.69 Å². The van der Waals surface area contributed by atoms with E-state index in [4.69, 9.17) is 4.74 Å². The quantitative estimate of drug-likeness (QED) is 0.661. The summed E-state index contributed by atoms with van der Waals surface area (Å²) in [5, 5.41) is 14.6. The summed E-state index contributed by atoms with van der Waals surface area (Å²) in [5.74, 6) is -1.58. The van der Waals surface area contributed by atoms with Crippen LogP contribution in [0.4, 0.5) is 5.69 Å². The highest BCUT2D eigenvalue weighted by molar-refractivity contribution is 6.39. The van der Waals surface area contributed by atoms with Crippen molar-refractivity contribution in [2.45, 2.75) is 12.5 Å². The number of rotatable bonds is 5. The molecule has 1 atom stereocenters. The van der Waals surface area contributed by atoms with E-state index in [1.165, 1.54) is 14.0 Å². The van der Waals surface area contributed by atoms with Gasteiger partial charge < -0.3 is 20.5 Å². The van der Waals surface area contributed by atoms with Gasteiger partial charge in [0.25, 0.3) is 0 Å². The first kappa shape index (κ1) is 15.1. The van der Waals surface area contributed by atoms with Gasteiger partial charge in [0.05, 0.1) is 6.61 Å². The number of hydrogen-bond acceptors (Lipinski definition) is 4. The molecule has 0 aliphatic heterocycles. The van der Waals surface area contributed by atoms with Crippen molar-refractivity contribution < 1.29 is 19.4 Å². The van der Waals surface area contributed by atoms with Crippen LogP contribution in [-0.4, -0.2) is 42.8 Å². The Kier molecular flexibility index (Phi) is 5.47. The average molecular weight is 266 g/mol. The monoisotopic (exact) mass is 266 g/mol. The minimum atomic E-state index is -1.21. The van der Waals surface area contributed by atoms with Gasteiger partial charge in [0.1, 0.15) is 5.60 Å². The molecular weight excluding hydrogens is 248 g/mol. The molecular formula is C13H18N2O4. The first-order chi connectivity index (χ1) is 8.94. The van der Waals surface area contributed by atoms with E-state index in [1.807, 2.05) is 0 Å². The molecule has 6 nitrogen and oxygen atoms in total. The molecule has 0 aliphatic rings. The SMILES string of the molecule is COCC(C)(O)CNC(=O)C(=O)Nc1ccccc1. The van der Waals surface area contributed by atoms with E-state index in [1.54, 1.807) is 30.3 Å². The van der Waals surface area contributed by atoms with Crippen LogP contribution in [0.1, 0.15) is 6.92 Å². The number of para-hydroxylation sites is 1. The zero-order valence-electron chi connectivity index (χ0n) is 11.0. The van der Waals surface area contributed by atoms with Crippen molar-refractivity contribution in [3.63, 3.8) is 0 Å². The molecule has 0 spiro atoms. The zero-order chi connectivity index (χ0) is 14.3. The summed E-state index contributed by atoms with van der Waals surface area (Å²) in [7, 11) is 1.44. The van der Waals surface area contributed by atoms with Crippen LogP contribution in [-0.2, 0) is 14.3 Å². The third kappa shape index (κ3) is 5.50. The van der Waals surface area contributed by atoms with Crippen molar-refractivity contribution in [3.05, 3.63) is 30.3 Å². The Morgan fingerprint density at radius 3 is 2.47 bits per heavy atom. The molecule has 2 amide bonds. The average Bonchev–Trinajstić information content (AvgIpc) is 2.37. The van der Waals surface area contributed by atoms with E-state index in [9.17, 15) is 14.7 Å². The van der Waals surface area contributed by atoms with Gasteiger partial charge in [0.2, 0.25) is 0 Å². The maximum absolute atomic E-state index is 11.6. The fourth-order valence-electron chi connectivity index (χ4n) is 1.42. The molecule has 1 aromatic rings. The predicted octanol–water partition coefficient (Wildman–Crippen LogP) is 0.139. The van der Waals surface area contributed by atoms with Crippen LogP contribution in [0, 0.1) is 0 Å². The van der Waals surface area contributed by atoms with Crippen molar-refractivity contribution in [3.8, 4) is 0 Å². The first-order valence-electron chi connectivity index (χ1n) is 5.80. The Hall–Kier alpha value is -1.92. The molecule has 1 aromatic carbocycles. The molecule has 0 saturated heterocycles. The molecule has 0 heterocycles. The van der Waals surface area contributed by atoms with Gasteiger partial charge in [-0.3, -0.25) is 9.59 Å². The maximum atomic E-state index is 11.6. The van der Waals surface area contributed by atoms with Crippen molar-refractivity contribution in [1.82, 2.24) is 5.32 Å². The molecule has 0 bridgehead atoms. The third-order valence-electron chi connectivity index (χ3n) is 2.32. The molecule has 0 radical (unpaired) electrons. The smallest absolute Gasteiger partial charge is 0.313 e. The molecule has 0 aromatic heterocycles. The molecule has 3 N–H and O–H groups in total. The fraction of sp³-hybridized carbons (Fsp3) is 0.385. The Labute approximate surface area is 111 Å². The summed E-state index contributed by atoms with van der Waals surface area (Å²) < 4.78 is 4.79. The Morgan fingerprint density at radius 2 is 1.89 bits per heavy atom. The van der Waals surface area contributed by atoms with Crippen LogP contribution >= 0.6 is 0 Å². The van der Waals surface area contributed by atoms with Crippen LogP contribution in [0.2, 0.25) is 0 Å². The second-order valence-corrected chi connectivity index (χ2v) is 4.43. The van der Waals surface area contributed by atoms with Crippen LogP contribution in [0.25, 0.3) is 0 Å². The molecule has 0 fully saturated rings. The summed E-state index contributed by atoms with van der Waals surface area (Å²) >= 11 is 0. The number of aliphatic hydroxyl groups is 1. The minimum absolute atomic E-state index is 0.0631. The van der Waals surface area contributed by atoms with Crippen LogP contribution < -0.4 is 10.6 Å². The summed E-state index contributed by atoms with van der Waals surface area (Å²) in [6.45, 7) is 1.50. The molecule has 1 unspecified atom stereocenters. The number of amides is 2. The van der Waals surface area contributed by atoms with E-state index in [-0.39, 0.29) is 13.2 Å². The lowest BCUT2D eigenvalue weighted by Gasteiger charge is -2.22. The lowest BCUT2D eigenvalue weighted by atomic mass is 10.1. The number of benzene rings is 1. The number of methoxy groups -OCH3 is 1. The molecule has 1 rings (SSSR count). The molecule has 0 aliphatic carbocycles. The standard InChI is InChI=1S/C13H18N2O4/c1-13(18,9-19-2)8-14-11(16)12(17)15-10-6-4-3-5-7-10/h3-7,18H,8-9H2,1-2H3,(H,14,16)(H,15,17). The first-order valence-corrected chi connectivity index (χ1v) is 5.80. The summed E-state index contributed by atoms with van der Waals surface area (Å²) in [6.07, 6.45) is 0. The minimum Gasteiger partial charge on any atom is -0.386 e. The van der Waals surface area contributed by atoms with Gasteiger partial charge in [-0.1, -0.05) is 18.2 Å². The van der Waals surface area contributed by atoms with Gasteiger partial charge >= 0.3 is 11.8 Å². The molecule has 6 heteroatoms. The number of anilines is 1. The Bertz CT molecular complexity index is 432. The van der Waals surface area contributed by atoms with Crippen molar-refractivity contribution in [1.29, 1.82) is 0 Å². The molecule has 19 heavy (non-hydrogen) atoms. The van der Waals surface area contributed by atoms with Crippen molar-refractivity contribution in [2.24, 2.45) is 0 Å². The summed E-state index contributed by atoms with van der Waals surface area (Å²) in [6, 6.07) is 8.64. The number of ether oxygens (including phenoxy) is 1. The fourth-order valence-corrected chi connectivity index (χ4v) is 1.42. The maximum Gasteiger partial charge on any atom is 0.313 e. The summed E-state index contributed by atoms with van der Waals surface area (Å²) in [5.41, 5.74) is -0.677. The van der Waals surface area contributed by atoms with E-state index < -0.39 is 17.4 Å². The van der Waals surface area contributed by atoms with E-state index in [2.05, 4.69) is 10.6 Å². The number of carbonyl (C=O) groups is 2. The lowest BCUT2D eigenvalue weighted by Crippen LogP contribution is -2.46. The highest BCUT2D eigenvalue weighted by Gasteiger charge is 2.23. The molecule has 104 valence electrons. The van der Waals surface area contributed by atoms with Gasteiger partial charge in [-0.2, -0.15) is 0 Å². The lowest BCUT2D eigenvalue weighted by molar-refractivity contribution is -0.137. The van der Waals surface area contributed by atoms with Gasteiger partial charge in [-0.15, -0.1) is 0 Å². The Balaban J connectivity index is 2.44. The number of nitrogens with one attached hydrogen (secondary N) is 2. The highest BCUT2D eigenvalue weighted by Crippen LogP contribution is 2.05. The van der Waals surface area contributed by atoms with Gasteiger partial charge in [-0.05, 0) is 19.1 Å². The summed E-state index contributed by atoms with van der Waals surface area (Å²) in [4.78, 5) is 23.1. The normalized spacial score (nSPS) is 13.4. The van der Waals surface area contributed by atoms with Gasteiger partial charge in [0, 0.05) is 19.3 Å². The molecule has 0 saturated carbocycles. The van der Waals surface area contributed by atoms with Crippen molar-refractivity contribution >= 4 is 17.5 Å². The Morgan fingerprint density at radius 1 is 1.26 bits per heavy atom. The third-order valence-corrected chi connectivity index (χ3v) is 2.32. The predicted molar refractivity (Wildman–Crippen MR) is 70.6 cm³/mol. The topological polar surface area (TPSA) is 87.7 Å². The zero-order valence-corrected chi connectivity index (χ0v) is 11.0. The van der Waals surface area contributed by atoms with E-state index >= 15 is 0 Å². The second-order valence-electron chi connectivity index (χ2n) is 4.43.